The molecule has 1 aromatic heterocycles. The molecule has 0 unspecified atom stereocenters. The minimum atomic E-state index is 0.0262. The normalized spacial score (nSPS) is 14.5. The maximum atomic E-state index is 12.3. The molecule has 5 heteroatoms. The fourth-order valence-corrected chi connectivity index (χ4v) is 3.44. The summed E-state index contributed by atoms with van der Waals surface area (Å²) in [5.74, 6) is 2.45. The van der Waals surface area contributed by atoms with Gasteiger partial charge in [0.05, 0.1) is 13.0 Å². The van der Waals surface area contributed by atoms with Gasteiger partial charge in [0, 0.05) is 13.0 Å². The first kappa shape index (κ1) is 16.7. The number of amides is 1. The van der Waals surface area contributed by atoms with Crippen LogP contribution in [0.1, 0.15) is 59.1 Å². The summed E-state index contributed by atoms with van der Waals surface area (Å²) in [7, 11) is 1.99. The highest BCUT2D eigenvalue weighted by Crippen LogP contribution is 2.35. The lowest BCUT2D eigenvalue weighted by Gasteiger charge is -2.24. The van der Waals surface area contributed by atoms with E-state index in [1.807, 2.05) is 11.6 Å². The quantitative estimate of drug-likeness (QED) is 0.919. The molecule has 5 nitrogen and oxygen atoms in total. The predicted octanol–water partition coefficient (Wildman–Crippen LogP) is 2.87. The Morgan fingerprint density at radius 1 is 1.21 bits per heavy atom. The van der Waals surface area contributed by atoms with Crippen LogP contribution in [0.15, 0.2) is 12.1 Å². The number of hydrogen-bond donors (Lipinski definition) is 1. The first-order chi connectivity index (χ1) is 11.5. The van der Waals surface area contributed by atoms with Crippen LogP contribution in [-0.4, -0.2) is 20.7 Å². The predicted molar refractivity (Wildman–Crippen MR) is 93.8 cm³/mol. The molecule has 0 saturated heterocycles. The van der Waals surface area contributed by atoms with Crippen LogP contribution in [-0.2, 0) is 24.8 Å². The van der Waals surface area contributed by atoms with Crippen molar-refractivity contribution >= 4 is 5.91 Å². The molecular formula is C19H26N4O. The van der Waals surface area contributed by atoms with Crippen molar-refractivity contribution in [2.45, 2.75) is 58.9 Å². The summed E-state index contributed by atoms with van der Waals surface area (Å²) < 4.78 is 2.03. The molecule has 1 heterocycles. The molecule has 0 bridgehead atoms. The second-order valence-corrected chi connectivity index (χ2v) is 6.99. The Bertz CT molecular complexity index is 736. The zero-order valence-electron chi connectivity index (χ0n) is 15.0. The van der Waals surface area contributed by atoms with E-state index in [1.165, 1.54) is 36.0 Å². The van der Waals surface area contributed by atoms with Crippen LogP contribution in [0.3, 0.4) is 0 Å². The molecular weight excluding hydrogens is 300 g/mol. The van der Waals surface area contributed by atoms with Crippen LogP contribution in [0.4, 0.5) is 0 Å². The largest absolute Gasteiger partial charge is 0.349 e. The molecule has 3 rings (SSSR count). The average Bonchev–Trinajstić information content (AvgIpc) is 2.80. The van der Waals surface area contributed by atoms with Crippen molar-refractivity contribution in [3.8, 4) is 0 Å². The van der Waals surface area contributed by atoms with Crippen molar-refractivity contribution in [2.24, 2.45) is 7.05 Å². The zero-order valence-corrected chi connectivity index (χ0v) is 15.0. The molecule has 24 heavy (non-hydrogen) atoms. The molecule has 1 aliphatic carbocycles. The number of benzene rings is 1. The van der Waals surface area contributed by atoms with Crippen molar-refractivity contribution in [1.29, 1.82) is 0 Å². The van der Waals surface area contributed by atoms with E-state index in [2.05, 4.69) is 48.4 Å². The van der Waals surface area contributed by atoms with E-state index in [1.54, 1.807) is 0 Å². The van der Waals surface area contributed by atoms with Crippen LogP contribution in [0.5, 0.6) is 0 Å². The second-order valence-electron chi connectivity index (χ2n) is 6.99. The van der Waals surface area contributed by atoms with E-state index in [-0.39, 0.29) is 5.91 Å². The van der Waals surface area contributed by atoms with E-state index in [0.717, 1.165) is 17.2 Å². The first-order valence-electron chi connectivity index (χ1n) is 8.67. The van der Waals surface area contributed by atoms with Crippen molar-refractivity contribution < 1.29 is 4.79 Å². The smallest absolute Gasteiger partial charge is 0.224 e. The molecule has 1 aromatic carbocycles. The van der Waals surface area contributed by atoms with Gasteiger partial charge in [-0.3, -0.25) is 4.79 Å². The fraction of sp³-hybridized carbons (Fsp3) is 0.526. The fourth-order valence-electron chi connectivity index (χ4n) is 3.44. The SMILES string of the molecule is Cc1cc(C)c(CC(=O)NCc2nnc(C3CCC3)n2C)c(C)c1. The van der Waals surface area contributed by atoms with E-state index >= 15 is 0 Å². The van der Waals surface area contributed by atoms with Crippen LogP contribution in [0.25, 0.3) is 0 Å². The maximum Gasteiger partial charge on any atom is 0.224 e. The van der Waals surface area contributed by atoms with Crippen molar-refractivity contribution in [3.63, 3.8) is 0 Å². The Morgan fingerprint density at radius 2 is 1.88 bits per heavy atom. The van der Waals surface area contributed by atoms with Crippen LogP contribution in [0.2, 0.25) is 0 Å². The molecule has 128 valence electrons. The number of aryl methyl sites for hydroxylation is 3. The van der Waals surface area contributed by atoms with Crippen LogP contribution < -0.4 is 5.32 Å². The Kier molecular flexibility index (Phi) is 4.69. The minimum Gasteiger partial charge on any atom is -0.349 e. The van der Waals surface area contributed by atoms with Gasteiger partial charge < -0.3 is 9.88 Å². The third kappa shape index (κ3) is 3.35. The lowest BCUT2D eigenvalue weighted by atomic mass is 9.85. The third-order valence-corrected chi connectivity index (χ3v) is 5.09. The van der Waals surface area contributed by atoms with Gasteiger partial charge in [-0.2, -0.15) is 0 Å². The van der Waals surface area contributed by atoms with Gasteiger partial charge in [0.1, 0.15) is 5.82 Å². The van der Waals surface area contributed by atoms with Gasteiger partial charge in [-0.25, -0.2) is 0 Å². The molecule has 0 aliphatic heterocycles. The monoisotopic (exact) mass is 326 g/mol. The van der Waals surface area contributed by atoms with Gasteiger partial charge in [0.25, 0.3) is 0 Å². The number of nitrogens with zero attached hydrogens (tertiary/aromatic N) is 3. The molecule has 0 spiro atoms. The van der Waals surface area contributed by atoms with Crippen molar-refractivity contribution in [2.75, 3.05) is 0 Å². The van der Waals surface area contributed by atoms with Gasteiger partial charge in [0.15, 0.2) is 5.82 Å². The standard InChI is InChI=1S/C19H26N4O/c1-12-8-13(2)16(14(3)9-12)10-18(24)20-11-17-21-22-19(23(17)4)15-6-5-7-15/h8-9,15H,5-7,10-11H2,1-4H3,(H,20,24). The number of rotatable bonds is 5. The topological polar surface area (TPSA) is 59.8 Å². The third-order valence-electron chi connectivity index (χ3n) is 5.09. The maximum absolute atomic E-state index is 12.3. The molecule has 0 atom stereocenters. The average molecular weight is 326 g/mol. The van der Waals surface area contributed by atoms with Crippen molar-refractivity contribution in [1.82, 2.24) is 20.1 Å². The first-order valence-corrected chi connectivity index (χ1v) is 8.67. The number of aromatic nitrogens is 3. The van der Waals surface area contributed by atoms with Crippen LogP contribution in [0, 0.1) is 20.8 Å². The lowest BCUT2D eigenvalue weighted by molar-refractivity contribution is -0.120. The van der Waals surface area contributed by atoms with Gasteiger partial charge in [0.2, 0.25) is 5.91 Å². The summed E-state index contributed by atoms with van der Waals surface area (Å²) in [6, 6.07) is 4.26. The summed E-state index contributed by atoms with van der Waals surface area (Å²) in [4.78, 5) is 12.3. The molecule has 1 fully saturated rings. The zero-order chi connectivity index (χ0) is 17.3. The summed E-state index contributed by atoms with van der Waals surface area (Å²) in [5.41, 5.74) is 4.70. The van der Waals surface area contributed by atoms with Crippen LogP contribution >= 0.6 is 0 Å². The van der Waals surface area contributed by atoms with Gasteiger partial charge in [-0.05, 0) is 50.3 Å². The molecule has 0 radical (unpaired) electrons. The second kappa shape index (κ2) is 6.75. The Balaban J connectivity index is 1.61. The Morgan fingerprint density at radius 3 is 2.46 bits per heavy atom. The Hall–Kier alpha value is -2.17. The highest BCUT2D eigenvalue weighted by Gasteiger charge is 2.25. The minimum absolute atomic E-state index is 0.0262. The van der Waals surface area contributed by atoms with E-state index in [9.17, 15) is 4.79 Å². The van der Waals surface area contributed by atoms with E-state index in [4.69, 9.17) is 0 Å². The van der Waals surface area contributed by atoms with Gasteiger partial charge >= 0.3 is 0 Å². The Labute approximate surface area is 143 Å². The molecule has 1 amide bonds. The van der Waals surface area contributed by atoms with Gasteiger partial charge in [-0.1, -0.05) is 24.1 Å². The van der Waals surface area contributed by atoms with E-state index < -0.39 is 0 Å². The number of carbonyl (C=O) groups is 1. The lowest BCUT2D eigenvalue weighted by Crippen LogP contribution is -2.27. The number of carbonyl (C=O) groups excluding carboxylic acids is 1. The summed E-state index contributed by atoms with van der Waals surface area (Å²) in [5, 5.41) is 11.5. The van der Waals surface area contributed by atoms with Gasteiger partial charge in [-0.15, -0.1) is 10.2 Å². The highest BCUT2D eigenvalue weighted by molar-refractivity contribution is 5.79. The molecule has 1 saturated carbocycles. The molecule has 1 N–H and O–H groups in total. The number of nitrogens with one attached hydrogen (secondary N) is 1. The highest BCUT2D eigenvalue weighted by atomic mass is 16.1. The summed E-state index contributed by atoms with van der Waals surface area (Å²) in [6.45, 7) is 6.64. The molecule has 1 aliphatic rings. The summed E-state index contributed by atoms with van der Waals surface area (Å²) >= 11 is 0. The van der Waals surface area contributed by atoms with Crippen molar-refractivity contribution in [3.05, 3.63) is 46.0 Å². The molecule has 2 aromatic rings. The summed E-state index contributed by atoms with van der Waals surface area (Å²) in [6.07, 6.45) is 4.08. The van der Waals surface area contributed by atoms with E-state index in [0.29, 0.717) is 18.9 Å². The number of hydrogen-bond acceptors (Lipinski definition) is 3.